The first-order valence-electron chi connectivity index (χ1n) is 8.76. The SMILES string of the molecule is CC(C)(C)OC(=O)[C@@H]1CCCN1CCNC(=O)OCc1ccccc1. The summed E-state index contributed by atoms with van der Waals surface area (Å²) in [6.07, 6.45) is 1.31. The summed E-state index contributed by atoms with van der Waals surface area (Å²) in [6, 6.07) is 9.31. The molecule has 2 rings (SSSR count). The lowest BCUT2D eigenvalue weighted by Gasteiger charge is -2.27. The van der Waals surface area contributed by atoms with Crippen LogP contribution in [-0.2, 0) is 20.9 Å². The molecule has 1 aliphatic heterocycles. The van der Waals surface area contributed by atoms with E-state index in [9.17, 15) is 9.59 Å². The van der Waals surface area contributed by atoms with Gasteiger partial charge < -0.3 is 14.8 Å². The number of amides is 1. The largest absolute Gasteiger partial charge is 0.459 e. The van der Waals surface area contributed by atoms with Crippen molar-refractivity contribution in [3.05, 3.63) is 35.9 Å². The van der Waals surface area contributed by atoms with E-state index in [0.29, 0.717) is 13.1 Å². The number of likely N-dealkylation sites (tertiary alicyclic amines) is 1. The number of nitrogens with one attached hydrogen (secondary N) is 1. The fourth-order valence-electron chi connectivity index (χ4n) is 2.81. The Morgan fingerprint density at radius 2 is 1.96 bits per heavy atom. The van der Waals surface area contributed by atoms with E-state index in [1.165, 1.54) is 0 Å². The Hall–Kier alpha value is -2.08. The predicted octanol–water partition coefficient (Wildman–Crippen LogP) is 2.72. The number of hydrogen-bond donors (Lipinski definition) is 1. The lowest BCUT2D eigenvalue weighted by atomic mass is 10.1. The Kier molecular flexibility index (Phi) is 6.82. The Balaban J connectivity index is 1.69. The summed E-state index contributed by atoms with van der Waals surface area (Å²) >= 11 is 0. The van der Waals surface area contributed by atoms with Crippen LogP contribution in [0.25, 0.3) is 0 Å². The van der Waals surface area contributed by atoms with Crippen LogP contribution in [0.15, 0.2) is 30.3 Å². The van der Waals surface area contributed by atoms with Gasteiger partial charge in [-0.15, -0.1) is 0 Å². The summed E-state index contributed by atoms with van der Waals surface area (Å²) < 4.78 is 10.6. The van der Waals surface area contributed by atoms with Gasteiger partial charge in [-0.25, -0.2) is 4.79 Å². The Morgan fingerprint density at radius 3 is 2.64 bits per heavy atom. The van der Waals surface area contributed by atoms with Crippen molar-refractivity contribution in [2.24, 2.45) is 0 Å². The molecule has 0 spiro atoms. The molecule has 6 heteroatoms. The number of alkyl carbamates (subject to hydrolysis) is 1. The summed E-state index contributed by atoms with van der Waals surface area (Å²) in [5, 5.41) is 2.73. The van der Waals surface area contributed by atoms with Gasteiger partial charge in [-0.1, -0.05) is 30.3 Å². The number of benzene rings is 1. The summed E-state index contributed by atoms with van der Waals surface area (Å²) in [5.41, 5.74) is 0.465. The number of carbonyl (C=O) groups excluding carboxylic acids is 2. The monoisotopic (exact) mass is 348 g/mol. The first-order valence-corrected chi connectivity index (χ1v) is 8.76. The molecule has 0 radical (unpaired) electrons. The van der Waals surface area contributed by atoms with Gasteiger partial charge in [0.1, 0.15) is 18.2 Å². The van der Waals surface area contributed by atoms with Crippen molar-refractivity contribution in [1.82, 2.24) is 10.2 Å². The number of ether oxygens (including phenoxy) is 2. The Labute approximate surface area is 149 Å². The van der Waals surface area contributed by atoms with E-state index in [1.807, 2.05) is 51.1 Å². The molecule has 1 amide bonds. The normalized spacial score (nSPS) is 18.0. The van der Waals surface area contributed by atoms with Crippen LogP contribution in [0.4, 0.5) is 4.79 Å². The van der Waals surface area contributed by atoms with Gasteiger partial charge in [-0.2, -0.15) is 0 Å². The molecule has 1 fully saturated rings. The highest BCUT2D eigenvalue weighted by molar-refractivity contribution is 5.76. The van der Waals surface area contributed by atoms with Gasteiger partial charge in [0, 0.05) is 13.1 Å². The van der Waals surface area contributed by atoms with Crippen LogP contribution in [0.2, 0.25) is 0 Å². The average molecular weight is 348 g/mol. The van der Waals surface area contributed by atoms with Gasteiger partial charge in [-0.05, 0) is 45.7 Å². The van der Waals surface area contributed by atoms with Crippen molar-refractivity contribution in [3.63, 3.8) is 0 Å². The molecule has 0 bridgehead atoms. The molecule has 1 aliphatic rings. The summed E-state index contributed by atoms with van der Waals surface area (Å²) in [6.45, 7) is 7.73. The smallest absolute Gasteiger partial charge is 0.407 e. The number of carbonyl (C=O) groups is 2. The zero-order chi connectivity index (χ0) is 18.3. The van der Waals surface area contributed by atoms with Gasteiger partial charge in [0.2, 0.25) is 0 Å². The molecule has 0 aromatic heterocycles. The van der Waals surface area contributed by atoms with Crippen LogP contribution in [0, 0.1) is 0 Å². The van der Waals surface area contributed by atoms with Gasteiger partial charge >= 0.3 is 12.1 Å². The molecule has 0 saturated carbocycles. The molecule has 6 nitrogen and oxygen atoms in total. The first kappa shape index (κ1) is 19.2. The van der Waals surface area contributed by atoms with Crippen LogP contribution in [0.1, 0.15) is 39.2 Å². The lowest BCUT2D eigenvalue weighted by molar-refractivity contribution is -0.160. The third-order valence-corrected chi connectivity index (χ3v) is 3.92. The van der Waals surface area contributed by atoms with Crippen molar-refractivity contribution in [1.29, 1.82) is 0 Å². The number of hydrogen-bond acceptors (Lipinski definition) is 5. The van der Waals surface area contributed by atoms with Crippen LogP contribution >= 0.6 is 0 Å². The van der Waals surface area contributed by atoms with Gasteiger partial charge in [0.15, 0.2) is 0 Å². The Bertz CT molecular complexity index is 569. The van der Waals surface area contributed by atoms with E-state index < -0.39 is 11.7 Å². The topological polar surface area (TPSA) is 67.9 Å². The zero-order valence-corrected chi connectivity index (χ0v) is 15.3. The second-order valence-electron chi connectivity index (χ2n) is 7.22. The summed E-state index contributed by atoms with van der Waals surface area (Å²) in [7, 11) is 0. The zero-order valence-electron chi connectivity index (χ0n) is 15.3. The van der Waals surface area contributed by atoms with E-state index in [-0.39, 0.29) is 18.6 Å². The number of esters is 1. The van der Waals surface area contributed by atoms with E-state index >= 15 is 0 Å². The maximum absolute atomic E-state index is 12.3. The molecule has 0 aliphatic carbocycles. The molecule has 138 valence electrons. The maximum atomic E-state index is 12.3. The highest BCUT2D eigenvalue weighted by atomic mass is 16.6. The van der Waals surface area contributed by atoms with E-state index in [4.69, 9.17) is 9.47 Å². The van der Waals surface area contributed by atoms with Gasteiger partial charge in [0.25, 0.3) is 0 Å². The second kappa shape index (κ2) is 8.85. The van der Waals surface area contributed by atoms with Crippen LogP contribution in [0.3, 0.4) is 0 Å². The molecule has 1 atom stereocenters. The van der Waals surface area contributed by atoms with Crippen molar-refractivity contribution in [2.45, 2.75) is 51.9 Å². The molecular weight excluding hydrogens is 320 g/mol. The van der Waals surface area contributed by atoms with E-state index in [2.05, 4.69) is 10.2 Å². The summed E-state index contributed by atoms with van der Waals surface area (Å²) in [4.78, 5) is 26.1. The predicted molar refractivity (Wildman–Crippen MR) is 95.1 cm³/mol. The minimum Gasteiger partial charge on any atom is -0.459 e. The van der Waals surface area contributed by atoms with Crippen LogP contribution in [-0.4, -0.2) is 48.2 Å². The molecule has 0 unspecified atom stereocenters. The fraction of sp³-hybridized carbons (Fsp3) is 0.579. The molecular formula is C19H28N2O4. The number of nitrogens with zero attached hydrogens (tertiary/aromatic N) is 1. The van der Waals surface area contributed by atoms with Crippen LogP contribution in [0.5, 0.6) is 0 Å². The summed E-state index contributed by atoms with van der Waals surface area (Å²) in [5.74, 6) is -0.184. The third kappa shape index (κ3) is 6.74. The lowest BCUT2D eigenvalue weighted by Crippen LogP contribution is -2.43. The van der Waals surface area contributed by atoms with E-state index in [1.54, 1.807) is 0 Å². The third-order valence-electron chi connectivity index (χ3n) is 3.92. The minimum atomic E-state index is -0.481. The number of rotatable bonds is 6. The van der Waals surface area contributed by atoms with Crippen molar-refractivity contribution < 1.29 is 19.1 Å². The Morgan fingerprint density at radius 1 is 1.24 bits per heavy atom. The highest BCUT2D eigenvalue weighted by Gasteiger charge is 2.33. The van der Waals surface area contributed by atoms with Crippen LogP contribution < -0.4 is 5.32 Å². The molecule has 25 heavy (non-hydrogen) atoms. The van der Waals surface area contributed by atoms with Crippen molar-refractivity contribution >= 4 is 12.1 Å². The second-order valence-corrected chi connectivity index (χ2v) is 7.22. The standard InChI is InChI=1S/C19H28N2O4/c1-19(2,3)25-17(22)16-10-7-12-21(16)13-11-20-18(23)24-14-15-8-5-4-6-9-15/h4-6,8-9,16H,7,10-14H2,1-3H3,(H,20,23)/t16-/m0/s1. The van der Waals surface area contributed by atoms with E-state index in [0.717, 1.165) is 24.9 Å². The molecule has 1 heterocycles. The molecule has 1 N–H and O–H groups in total. The van der Waals surface area contributed by atoms with Gasteiger partial charge in [-0.3, -0.25) is 9.69 Å². The molecule has 1 saturated heterocycles. The van der Waals surface area contributed by atoms with Gasteiger partial charge in [0.05, 0.1) is 0 Å². The minimum absolute atomic E-state index is 0.184. The maximum Gasteiger partial charge on any atom is 0.407 e. The molecule has 1 aromatic rings. The average Bonchev–Trinajstić information content (AvgIpc) is 3.01. The van der Waals surface area contributed by atoms with Crippen molar-refractivity contribution in [2.75, 3.05) is 19.6 Å². The highest BCUT2D eigenvalue weighted by Crippen LogP contribution is 2.20. The quantitative estimate of drug-likeness (QED) is 0.801. The fourth-order valence-corrected chi connectivity index (χ4v) is 2.81. The molecule has 1 aromatic carbocycles. The first-order chi connectivity index (χ1) is 11.8. The van der Waals surface area contributed by atoms with Crippen molar-refractivity contribution in [3.8, 4) is 0 Å².